The van der Waals surface area contributed by atoms with Gasteiger partial charge in [-0.2, -0.15) is 9.97 Å². The molecule has 15 heavy (non-hydrogen) atoms. The van der Waals surface area contributed by atoms with Gasteiger partial charge in [0.2, 0.25) is 5.95 Å². The number of hydrogen-bond donors (Lipinski definition) is 1. The summed E-state index contributed by atoms with van der Waals surface area (Å²) in [6.45, 7) is 2.70. The van der Waals surface area contributed by atoms with Crippen molar-refractivity contribution >= 4 is 5.95 Å². The van der Waals surface area contributed by atoms with Crippen LogP contribution in [0.2, 0.25) is 0 Å². The monoisotopic (exact) mass is 212 g/mol. The van der Waals surface area contributed by atoms with Gasteiger partial charge in [0.05, 0.1) is 13.7 Å². The van der Waals surface area contributed by atoms with Crippen LogP contribution >= 0.6 is 0 Å². The van der Waals surface area contributed by atoms with Crippen molar-refractivity contribution < 1.29 is 9.47 Å². The van der Waals surface area contributed by atoms with E-state index in [1.807, 2.05) is 0 Å². The number of ether oxygens (including phenoxy) is 2. The van der Waals surface area contributed by atoms with E-state index in [-0.39, 0.29) is 6.01 Å². The molecular weight excluding hydrogens is 196 g/mol. The van der Waals surface area contributed by atoms with E-state index in [2.05, 4.69) is 27.2 Å². The van der Waals surface area contributed by atoms with E-state index >= 15 is 0 Å². The highest BCUT2D eigenvalue weighted by molar-refractivity contribution is 5.26. The number of anilines is 1. The fourth-order valence-electron chi connectivity index (χ4n) is 0.913. The largest absolute Gasteiger partial charge is 0.467 e. The van der Waals surface area contributed by atoms with Crippen LogP contribution in [0.15, 0.2) is 0 Å². The number of rotatable bonds is 6. The molecule has 0 saturated heterocycles. The average molecular weight is 212 g/mol. The number of hydrogen-bond acceptors (Lipinski definition) is 6. The SMILES string of the molecule is CCCCOc1nc(NC)nc(OC)n1. The normalized spacial score (nSPS) is 9.80. The van der Waals surface area contributed by atoms with Crippen LogP contribution < -0.4 is 14.8 Å². The highest BCUT2D eigenvalue weighted by atomic mass is 16.5. The first kappa shape index (κ1) is 11.5. The lowest BCUT2D eigenvalue weighted by Crippen LogP contribution is -2.06. The van der Waals surface area contributed by atoms with Gasteiger partial charge in [0.1, 0.15) is 0 Å². The Morgan fingerprint density at radius 3 is 2.53 bits per heavy atom. The summed E-state index contributed by atoms with van der Waals surface area (Å²) in [6.07, 6.45) is 2.05. The lowest BCUT2D eigenvalue weighted by molar-refractivity contribution is 0.275. The molecule has 0 aliphatic rings. The van der Waals surface area contributed by atoms with Crippen LogP contribution in [0.3, 0.4) is 0 Å². The van der Waals surface area contributed by atoms with Crippen molar-refractivity contribution in [1.29, 1.82) is 0 Å². The van der Waals surface area contributed by atoms with Gasteiger partial charge in [-0.05, 0) is 6.42 Å². The van der Waals surface area contributed by atoms with Crippen LogP contribution in [-0.2, 0) is 0 Å². The Bertz CT molecular complexity index is 284. The lowest BCUT2D eigenvalue weighted by Gasteiger charge is -2.06. The molecule has 1 aromatic heterocycles. The van der Waals surface area contributed by atoms with Crippen molar-refractivity contribution in [3.63, 3.8) is 0 Å². The number of unbranched alkanes of at least 4 members (excludes halogenated alkanes) is 1. The predicted octanol–water partition coefficient (Wildman–Crippen LogP) is 1.10. The molecule has 84 valence electrons. The molecule has 0 spiro atoms. The fourth-order valence-corrected chi connectivity index (χ4v) is 0.913. The first-order chi connectivity index (χ1) is 7.30. The quantitative estimate of drug-likeness (QED) is 0.712. The lowest BCUT2D eigenvalue weighted by atomic mass is 10.4. The number of nitrogens with zero attached hydrogens (tertiary/aromatic N) is 3. The van der Waals surface area contributed by atoms with Gasteiger partial charge < -0.3 is 14.8 Å². The standard InChI is InChI=1S/C9H16N4O2/c1-4-5-6-15-9-12-7(10-2)11-8(13-9)14-3/h4-6H2,1-3H3,(H,10,11,12,13). The number of nitrogens with one attached hydrogen (secondary N) is 1. The van der Waals surface area contributed by atoms with Crippen molar-refractivity contribution in [2.75, 3.05) is 26.1 Å². The molecule has 0 aliphatic heterocycles. The average Bonchev–Trinajstić information content (AvgIpc) is 2.29. The zero-order valence-electron chi connectivity index (χ0n) is 9.28. The second-order valence-corrected chi connectivity index (χ2v) is 2.88. The third kappa shape index (κ3) is 3.57. The molecular formula is C9H16N4O2. The highest BCUT2D eigenvalue weighted by Crippen LogP contribution is 2.12. The Morgan fingerprint density at radius 1 is 1.20 bits per heavy atom. The molecule has 0 saturated carbocycles. The summed E-state index contributed by atoms with van der Waals surface area (Å²) in [4.78, 5) is 12.0. The number of aromatic nitrogens is 3. The predicted molar refractivity (Wildman–Crippen MR) is 56.3 cm³/mol. The molecule has 0 aliphatic carbocycles. The van der Waals surface area contributed by atoms with Crippen LogP contribution in [0.25, 0.3) is 0 Å². The van der Waals surface area contributed by atoms with E-state index < -0.39 is 0 Å². The molecule has 0 bridgehead atoms. The Morgan fingerprint density at radius 2 is 1.93 bits per heavy atom. The summed E-state index contributed by atoms with van der Waals surface area (Å²) in [5, 5.41) is 2.81. The Hall–Kier alpha value is -1.59. The summed E-state index contributed by atoms with van der Waals surface area (Å²) in [5.74, 6) is 0.438. The molecule has 0 aromatic carbocycles. The van der Waals surface area contributed by atoms with Crippen LogP contribution in [0.4, 0.5) is 5.95 Å². The third-order valence-electron chi connectivity index (χ3n) is 1.73. The molecule has 0 fully saturated rings. The van der Waals surface area contributed by atoms with Gasteiger partial charge in [0.15, 0.2) is 0 Å². The Balaban J connectivity index is 2.68. The van der Waals surface area contributed by atoms with E-state index in [0.717, 1.165) is 12.8 Å². The summed E-state index contributed by atoms with van der Waals surface area (Å²) in [5.41, 5.74) is 0. The van der Waals surface area contributed by atoms with Gasteiger partial charge in [-0.3, -0.25) is 0 Å². The molecule has 0 radical (unpaired) electrons. The van der Waals surface area contributed by atoms with Crippen LogP contribution in [-0.4, -0.2) is 35.7 Å². The van der Waals surface area contributed by atoms with Crippen LogP contribution in [0.5, 0.6) is 12.0 Å². The van der Waals surface area contributed by atoms with E-state index in [0.29, 0.717) is 18.6 Å². The minimum absolute atomic E-state index is 0.251. The second kappa shape index (κ2) is 6.00. The molecule has 1 heterocycles. The molecule has 1 aromatic rings. The van der Waals surface area contributed by atoms with Gasteiger partial charge in [-0.15, -0.1) is 4.98 Å². The first-order valence-corrected chi connectivity index (χ1v) is 4.90. The van der Waals surface area contributed by atoms with Gasteiger partial charge in [-0.25, -0.2) is 0 Å². The van der Waals surface area contributed by atoms with Crippen molar-refractivity contribution in [3.05, 3.63) is 0 Å². The van der Waals surface area contributed by atoms with Crippen molar-refractivity contribution in [2.45, 2.75) is 19.8 Å². The summed E-state index contributed by atoms with van der Waals surface area (Å²) in [7, 11) is 3.23. The molecule has 0 unspecified atom stereocenters. The van der Waals surface area contributed by atoms with E-state index in [1.165, 1.54) is 7.11 Å². The molecule has 0 atom stereocenters. The van der Waals surface area contributed by atoms with Crippen molar-refractivity contribution in [2.24, 2.45) is 0 Å². The van der Waals surface area contributed by atoms with E-state index in [1.54, 1.807) is 7.05 Å². The first-order valence-electron chi connectivity index (χ1n) is 4.90. The van der Waals surface area contributed by atoms with E-state index in [4.69, 9.17) is 9.47 Å². The number of methoxy groups -OCH3 is 1. The topological polar surface area (TPSA) is 69.2 Å². The minimum Gasteiger partial charge on any atom is -0.467 e. The maximum Gasteiger partial charge on any atom is 0.324 e. The molecule has 6 nitrogen and oxygen atoms in total. The van der Waals surface area contributed by atoms with E-state index in [9.17, 15) is 0 Å². The van der Waals surface area contributed by atoms with Gasteiger partial charge in [0.25, 0.3) is 0 Å². The second-order valence-electron chi connectivity index (χ2n) is 2.88. The zero-order chi connectivity index (χ0) is 11.1. The van der Waals surface area contributed by atoms with Gasteiger partial charge in [0, 0.05) is 7.05 Å². The summed E-state index contributed by atoms with van der Waals surface area (Å²) in [6, 6.07) is 0.542. The van der Waals surface area contributed by atoms with Crippen LogP contribution in [0.1, 0.15) is 19.8 Å². The summed E-state index contributed by atoms with van der Waals surface area (Å²) >= 11 is 0. The Labute approximate surface area is 89.1 Å². The zero-order valence-corrected chi connectivity index (χ0v) is 9.28. The third-order valence-corrected chi connectivity index (χ3v) is 1.73. The van der Waals surface area contributed by atoms with Gasteiger partial charge in [-0.1, -0.05) is 13.3 Å². The Kier molecular flexibility index (Phi) is 4.59. The maximum atomic E-state index is 5.35. The minimum atomic E-state index is 0.251. The smallest absolute Gasteiger partial charge is 0.324 e. The maximum absolute atomic E-state index is 5.35. The molecule has 1 rings (SSSR count). The van der Waals surface area contributed by atoms with Crippen molar-refractivity contribution in [1.82, 2.24) is 15.0 Å². The fraction of sp³-hybridized carbons (Fsp3) is 0.667. The molecule has 0 amide bonds. The summed E-state index contributed by atoms with van der Waals surface area (Å²) < 4.78 is 10.3. The van der Waals surface area contributed by atoms with Crippen LogP contribution in [0, 0.1) is 0 Å². The molecule has 6 heteroatoms. The highest BCUT2D eigenvalue weighted by Gasteiger charge is 2.05. The van der Waals surface area contributed by atoms with Gasteiger partial charge >= 0.3 is 12.0 Å². The van der Waals surface area contributed by atoms with Crippen molar-refractivity contribution in [3.8, 4) is 12.0 Å². The molecule has 1 N–H and O–H groups in total.